The molecule has 8 nitrogen and oxygen atoms in total. The summed E-state index contributed by atoms with van der Waals surface area (Å²) in [6, 6.07) is 0. The Morgan fingerprint density at radius 3 is 0.667 bits per heavy atom. The van der Waals surface area contributed by atoms with Gasteiger partial charge in [-0.1, -0.05) is 0 Å². The third kappa shape index (κ3) is 199. The fourth-order valence-corrected chi connectivity index (χ4v) is 0. The normalized spacial score (nSPS) is 3.00. The summed E-state index contributed by atoms with van der Waals surface area (Å²) < 4.78 is 0. The van der Waals surface area contributed by atoms with E-state index in [1.165, 1.54) is 0 Å². The summed E-state index contributed by atoms with van der Waals surface area (Å²) in [6.07, 6.45) is 0. The van der Waals surface area contributed by atoms with Gasteiger partial charge in [-0.3, -0.25) is 0 Å². The minimum absolute atomic E-state index is 0. The Morgan fingerprint density at radius 1 is 0.667 bits per heavy atom. The van der Waals surface area contributed by atoms with Gasteiger partial charge in [0.2, 0.25) is 0 Å². The summed E-state index contributed by atoms with van der Waals surface area (Å²) in [5, 5.41) is 0. The predicted octanol–water partition coefficient (Wildman–Crippen LogP) is -15.2. The first-order valence-electron chi connectivity index (χ1n) is 0.565. The van der Waals surface area contributed by atoms with Crippen molar-refractivity contribution in [3.63, 3.8) is 0 Å². The standard InChI is InChI=1S/3Na.HO3P.5H2O/c;;;1-4(2)3;;;;;/h;;;1H;5*1H2/q3*+1;-2;;;;;. The molecule has 0 aromatic heterocycles. The molecule has 0 spiro atoms. The molecule has 0 heterocycles. The van der Waals surface area contributed by atoms with Crippen molar-refractivity contribution in [2.75, 3.05) is 0 Å². The van der Waals surface area contributed by atoms with Crippen molar-refractivity contribution < 1.29 is 131 Å². The molecule has 0 saturated carbocycles. The van der Waals surface area contributed by atoms with Crippen LogP contribution >= 0.6 is 8.60 Å². The Kier molecular flexibility index (Phi) is 436. The van der Waals surface area contributed by atoms with Gasteiger partial charge in [0.05, 0.1) is 0 Å². The molecule has 0 saturated heterocycles. The average molecular weight is 239 g/mol. The van der Waals surface area contributed by atoms with Crippen LogP contribution in [0.3, 0.4) is 0 Å². The molecule has 66 valence electrons. The molecular formula is H11Na3O8P+. The minimum Gasteiger partial charge on any atom is -0.820 e. The summed E-state index contributed by atoms with van der Waals surface area (Å²) in [4.78, 5) is 24.2. The predicted molar refractivity (Wildman–Crippen MR) is 27.2 cm³/mol. The van der Waals surface area contributed by atoms with Crippen molar-refractivity contribution in [1.29, 1.82) is 0 Å². The Hall–Kier alpha value is 3.11. The molecule has 11 N–H and O–H groups in total. The van der Waals surface area contributed by atoms with Gasteiger partial charge in [-0.25, -0.2) is 0 Å². The first-order valence-corrected chi connectivity index (χ1v) is 1.70. The van der Waals surface area contributed by atoms with Gasteiger partial charge in [0.25, 0.3) is 0 Å². The summed E-state index contributed by atoms with van der Waals surface area (Å²) in [5.74, 6) is 0. The number of hydrogen-bond acceptors (Lipinski definition) is 3. The van der Waals surface area contributed by atoms with E-state index in [1.807, 2.05) is 0 Å². The van der Waals surface area contributed by atoms with Crippen molar-refractivity contribution in [3.05, 3.63) is 0 Å². The summed E-state index contributed by atoms with van der Waals surface area (Å²) >= 11 is 0. The maximum absolute atomic E-state index is 8.59. The van der Waals surface area contributed by atoms with Gasteiger partial charge in [0.1, 0.15) is 0 Å². The molecule has 0 atom stereocenters. The molecule has 0 aliphatic heterocycles. The molecule has 0 bridgehead atoms. The van der Waals surface area contributed by atoms with E-state index in [0.717, 1.165) is 0 Å². The first-order chi connectivity index (χ1) is 1.73. The van der Waals surface area contributed by atoms with Crippen molar-refractivity contribution in [3.8, 4) is 0 Å². The molecule has 0 aromatic carbocycles. The van der Waals surface area contributed by atoms with Gasteiger partial charge >= 0.3 is 88.7 Å². The minimum atomic E-state index is -3.12. The Bertz CT molecular complexity index is 19.0. The van der Waals surface area contributed by atoms with Gasteiger partial charge in [0, 0.05) is 0 Å². The van der Waals surface area contributed by atoms with Crippen LogP contribution in [0.15, 0.2) is 0 Å². The largest absolute Gasteiger partial charge is 1.00 e. The smallest absolute Gasteiger partial charge is 0.820 e. The fraction of sp³-hybridized carbons (Fsp3) is 0. The second kappa shape index (κ2) is 65.0. The van der Waals surface area contributed by atoms with Crippen LogP contribution in [0.4, 0.5) is 0 Å². The van der Waals surface area contributed by atoms with Gasteiger partial charge in [0.15, 0.2) is 0 Å². The van der Waals surface area contributed by atoms with Gasteiger partial charge in [-0.15, -0.1) is 0 Å². The average Bonchev–Trinajstić information content (AvgIpc) is 0.811. The Labute approximate surface area is 137 Å². The van der Waals surface area contributed by atoms with Crippen molar-refractivity contribution in [1.82, 2.24) is 0 Å². The van der Waals surface area contributed by atoms with Crippen molar-refractivity contribution in [2.45, 2.75) is 0 Å². The van der Waals surface area contributed by atoms with Crippen LogP contribution in [0.2, 0.25) is 0 Å². The second-order valence-corrected chi connectivity index (χ2v) is 0.714. The number of hydrogen-bond donors (Lipinski definition) is 1. The van der Waals surface area contributed by atoms with Gasteiger partial charge in [-0.2, -0.15) is 8.60 Å². The monoisotopic (exact) mass is 239 g/mol. The molecule has 0 rings (SSSR count). The topological polar surface area (TPSA) is 224 Å². The van der Waals surface area contributed by atoms with Crippen LogP contribution in [0.25, 0.3) is 0 Å². The third-order valence-corrected chi connectivity index (χ3v) is 0. The zero-order valence-electron chi connectivity index (χ0n) is 7.21. The summed E-state index contributed by atoms with van der Waals surface area (Å²) in [7, 11) is -3.12. The molecule has 12 heavy (non-hydrogen) atoms. The molecule has 12 heteroatoms. The second-order valence-electron chi connectivity index (χ2n) is 0.238. The van der Waals surface area contributed by atoms with E-state index in [9.17, 15) is 0 Å². The summed E-state index contributed by atoms with van der Waals surface area (Å²) in [5.41, 5.74) is 0. The van der Waals surface area contributed by atoms with E-state index < -0.39 is 8.60 Å². The molecule has 0 unspecified atom stereocenters. The maximum Gasteiger partial charge on any atom is 1.00 e. The van der Waals surface area contributed by atoms with E-state index in [-0.39, 0.29) is 116 Å². The van der Waals surface area contributed by atoms with Crippen LogP contribution in [0, 0.1) is 0 Å². The Balaban J connectivity index is -0.00000000161. The van der Waals surface area contributed by atoms with E-state index in [0.29, 0.717) is 0 Å². The molecule has 0 amide bonds. The Morgan fingerprint density at radius 2 is 0.667 bits per heavy atom. The zero-order chi connectivity index (χ0) is 3.58. The van der Waals surface area contributed by atoms with Crippen LogP contribution in [0.5, 0.6) is 0 Å². The number of rotatable bonds is 0. The maximum atomic E-state index is 8.59. The van der Waals surface area contributed by atoms with Crippen LogP contribution in [-0.2, 0) is 0 Å². The third-order valence-electron chi connectivity index (χ3n) is 0. The van der Waals surface area contributed by atoms with Crippen molar-refractivity contribution in [2.24, 2.45) is 0 Å². The van der Waals surface area contributed by atoms with Gasteiger partial charge in [-0.05, 0) is 0 Å². The van der Waals surface area contributed by atoms with Crippen molar-refractivity contribution >= 4 is 8.60 Å². The van der Waals surface area contributed by atoms with E-state index in [4.69, 9.17) is 14.7 Å². The molecule has 0 aromatic rings. The van der Waals surface area contributed by atoms with E-state index in [1.54, 1.807) is 0 Å². The van der Waals surface area contributed by atoms with Gasteiger partial charge < -0.3 is 42.1 Å². The molecule has 0 aliphatic carbocycles. The van der Waals surface area contributed by atoms with Crippen LogP contribution in [-0.4, -0.2) is 32.3 Å². The zero-order valence-corrected chi connectivity index (χ0v) is 14.1. The molecule has 0 aliphatic rings. The van der Waals surface area contributed by atoms with E-state index in [2.05, 4.69) is 0 Å². The van der Waals surface area contributed by atoms with Crippen LogP contribution < -0.4 is 98.5 Å². The molecule has 0 radical (unpaired) electrons. The molecule has 0 fully saturated rings. The summed E-state index contributed by atoms with van der Waals surface area (Å²) in [6.45, 7) is 0. The van der Waals surface area contributed by atoms with Crippen LogP contribution in [0.1, 0.15) is 0 Å². The van der Waals surface area contributed by atoms with E-state index >= 15 is 0 Å². The fourth-order valence-electron chi connectivity index (χ4n) is 0. The quantitative estimate of drug-likeness (QED) is 0.321. The first kappa shape index (κ1) is 80.6. The molecular weight excluding hydrogens is 228 g/mol. The SMILES string of the molecule is O.O.O.O.O.[Na+].[Na+].[Na+].[O-]P([O-])O.